The van der Waals surface area contributed by atoms with Gasteiger partial charge in [0.2, 0.25) is 0 Å². The van der Waals surface area contributed by atoms with E-state index in [9.17, 15) is 0 Å². The highest BCUT2D eigenvalue weighted by atomic mass is 16.5. The Morgan fingerprint density at radius 1 is 1.25 bits per heavy atom. The summed E-state index contributed by atoms with van der Waals surface area (Å²) in [4.78, 5) is 2.36. The number of nitrogens with two attached hydrogens (primary N) is 1. The smallest absolute Gasteiger partial charge is 0.161 e. The zero-order valence-electron chi connectivity index (χ0n) is 12.9. The monoisotopic (exact) mass is 278 g/mol. The van der Waals surface area contributed by atoms with Crippen LogP contribution in [0.2, 0.25) is 0 Å². The van der Waals surface area contributed by atoms with Gasteiger partial charge in [-0.1, -0.05) is 6.07 Å². The fraction of sp³-hybridized carbons (Fsp3) is 0.625. The average Bonchev–Trinajstić information content (AvgIpc) is 3.30. The third-order valence-electron chi connectivity index (χ3n) is 4.32. The first-order valence-corrected chi connectivity index (χ1v) is 7.24. The maximum atomic E-state index is 6.33. The van der Waals surface area contributed by atoms with Crippen LogP contribution in [0.3, 0.4) is 0 Å². The van der Waals surface area contributed by atoms with Crippen LogP contribution in [0.1, 0.15) is 31.4 Å². The normalized spacial score (nSPS) is 17.9. The van der Waals surface area contributed by atoms with Gasteiger partial charge in [0.1, 0.15) is 0 Å². The van der Waals surface area contributed by atoms with Crippen LogP contribution in [0.25, 0.3) is 0 Å². The Balaban J connectivity index is 2.02. The molecule has 4 heteroatoms. The van der Waals surface area contributed by atoms with Gasteiger partial charge in [0.15, 0.2) is 11.5 Å². The summed E-state index contributed by atoms with van der Waals surface area (Å²) in [6.07, 6.45) is 2.72. The summed E-state index contributed by atoms with van der Waals surface area (Å²) in [6.45, 7) is 3.14. The van der Waals surface area contributed by atoms with Crippen LogP contribution in [0.4, 0.5) is 0 Å². The molecule has 20 heavy (non-hydrogen) atoms. The molecule has 0 spiro atoms. The Kier molecular flexibility index (Phi) is 4.89. The predicted octanol–water partition coefficient (Wildman–Crippen LogP) is 2.43. The van der Waals surface area contributed by atoms with Crippen LogP contribution in [-0.2, 0) is 0 Å². The molecule has 4 nitrogen and oxygen atoms in total. The number of hydrogen-bond donors (Lipinski definition) is 1. The molecule has 2 N–H and O–H groups in total. The lowest BCUT2D eigenvalue weighted by atomic mass is 10.1. The number of rotatable bonds is 7. The Hall–Kier alpha value is -1.26. The molecule has 0 saturated heterocycles. The molecule has 1 aliphatic carbocycles. The van der Waals surface area contributed by atoms with E-state index in [2.05, 4.69) is 18.9 Å². The van der Waals surface area contributed by atoms with Gasteiger partial charge in [0.25, 0.3) is 0 Å². The van der Waals surface area contributed by atoms with E-state index in [-0.39, 0.29) is 6.04 Å². The fourth-order valence-electron chi connectivity index (χ4n) is 2.60. The van der Waals surface area contributed by atoms with Crippen molar-refractivity contribution in [1.29, 1.82) is 0 Å². The van der Waals surface area contributed by atoms with Gasteiger partial charge in [-0.05, 0) is 50.4 Å². The van der Waals surface area contributed by atoms with E-state index in [0.29, 0.717) is 6.04 Å². The maximum absolute atomic E-state index is 6.33. The second kappa shape index (κ2) is 6.46. The lowest BCUT2D eigenvalue weighted by molar-refractivity contribution is 0.221. The van der Waals surface area contributed by atoms with Crippen molar-refractivity contribution >= 4 is 0 Å². The Labute approximate surface area is 121 Å². The minimum atomic E-state index is -0.0130. The minimum absolute atomic E-state index is 0.0130. The van der Waals surface area contributed by atoms with Crippen molar-refractivity contribution in [2.24, 2.45) is 11.7 Å². The van der Waals surface area contributed by atoms with Crippen molar-refractivity contribution in [3.05, 3.63) is 23.8 Å². The highest BCUT2D eigenvalue weighted by molar-refractivity contribution is 5.43. The molecule has 0 radical (unpaired) electrons. The molecule has 1 aromatic carbocycles. The van der Waals surface area contributed by atoms with Gasteiger partial charge in [0.05, 0.1) is 14.2 Å². The maximum Gasteiger partial charge on any atom is 0.161 e. The van der Waals surface area contributed by atoms with Crippen LogP contribution in [0.5, 0.6) is 11.5 Å². The van der Waals surface area contributed by atoms with Crippen LogP contribution in [-0.4, -0.2) is 38.8 Å². The lowest BCUT2D eigenvalue weighted by Crippen LogP contribution is -2.36. The molecule has 0 heterocycles. The van der Waals surface area contributed by atoms with Gasteiger partial charge >= 0.3 is 0 Å². The summed E-state index contributed by atoms with van der Waals surface area (Å²) in [6, 6.07) is 6.50. The van der Waals surface area contributed by atoms with Crippen molar-refractivity contribution in [3.63, 3.8) is 0 Å². The standard InChI is InChI=1S/C16H26N2O2/c1-11(12-5-6-12)18(2)10-14(17)13-7-8-15(19-3)16(9-13)20-4/h7-9,11-12,14H,5-6,10,17H2,1-4H3. The number of likely N-dealkylation sites (N-methyl/N-ethyl adjacent to an activating group) is 1. The SMILES string of the molecule is COc1ccc(C(N)CN(C)C(C)C2CC2)cc1OC. The van der Waals surface area contributed by atoms with E-state index in [1.165, 1.54) is 12.8 Å². The van der Waals surface area contributed by atoms with Crippen LogP contribution < -0.4 is 15.2 Å². The van der Waals surface area contributed by atoms with E-state index < -0.39 is 0 Å². The van der Waals surface area contributed by atoms with Gasteiger partial charge in [-0.3, -0.25) is 0 Å². The molecule has 2 atom stereocenters. The molecular formula is C16H26N2O2. The van der Waals surface area contributed by atoms with E-state index in [1.807, 2.05) is 18.2 Å². The number of nitrogens with zero attached hydrogens (tertiary/aromatic N) is 1. The first-order valence-electron chi connectivity index (χ1n) is 7.24. The third-order valence-corrected chi connectivity index (χ3v) is 4.32. The number of ether oxygens (including phenoxy) is 2. The Morgan fingerprint density at radius 3 is 2.45 bits per heavy atom. The highest BCUT2D eigenvalue weighted by Gasteiger charge is 2.31. The largest absolute Gasteiger partial charge is 0.493 e. The zero-order valence-corrected chi connectivity index (χ0v) is 12.9. The van der Waals surface area contributed by atoms with Gasteiger partial charge in [-0.15, -0.1) is 0 Å². The number of methoxy groups -OCH3 is 2. The fourth-order valence-corrected chi connectivity index (χ4v) is 2.60. The van der Waals surface area contributed by atoms with Crippen molar-refractivity contribution in [1.82, 2.24) is 4.90 Å². The number of hydrogen-bond acceptors (Lipinski definition) is 4. The lowest BCUT2D eigenvalue weighted by Gasteiger charge is -2.27. The van der Waals surface area contributed by atoms with Gasteiger partial charge in [-0.2, -0.15) is 0 Å². The second-order valence-electron chi connectivity index (χ2n) is 5.74. The molecule has 0 aromatic heterocycles. The van der Waals surface area contributed by atoms with Crippen molar-refractivity contribution in [2.45, 2.75) is 31.8 Å². The summed E-state index contributed by atoms with van der Waals surface area (Å²) < 4.78 is 10.6. The van der Waals surface area contributed by atoms with Crippen molar-refractivity contribution in [3.8, 4) is 11.5 Å². The predicted molar refractivity (Wildman–Crippen MR) is 81.3 cm³/mol. The molecule has 1 fully saturated rings. The van der Waals surface area contributed by atoms with E-state index in [0.717, 1.165) is 29.5 Å². The van der Waals surface area contributed by atoms with Crippen LogP contribution in [0.15, 0.2) is 18.2 Å². The van der Waals surface area contributed by atoms with Gasteiger partial charge in [0, 0.05) is 18.6 Å². The van der Waals surface area contributed by atoms with E-state index >= 15 is 0 Å². The first kappa shape index (κ1) is 15.1. The van der Waals surface area contributed by atoms with Crippen molar-refractivity contribution in [2.75, 3.05) is 27.8 Å². The summed E-state index contributed by atoms with van der Waals surface area (Å²) in [5.74, 6) is 2.33. The minimum Gasteiger partial charge on any atom is -0.493 e. The summed E-state index contributed by atoms with van der Waals surface area (Å²) >= 11 is 0. The highest BCUT2D eigenvalue weighted by Crippen LogP contribution is 2.35. The van der Waals surface area contributed by atoms with Gasteiger partial charge in [-0.25, -0.2) is 0 Å². The van der Waals surface area contributed by atoms with E-state index in [1.54, 1.807) is 14.2 Å². The molecule has 2 rings (SSSR count). The molecule has 112 valence electrons. The quantitative estimate of drug-likeness (QED) is 0.832. The molecule has 2 unspecified atom stereocenters. The van der Waals surface area contributed by atoms with Gasteiger partial charge < -0.3 is 20.1 Å². The number of benzene rings is 1. The van der Waals surface area contributed by atoms with Crippen LogP contribution in [0, 0.1) is 5.92 Å². The topological polar surface area (TPSA) is 47.7 Å². The Bertz CT molecular complexity index is 446. The Morgan fingerprint density at radius 2 is 1.90 bits per heavy atom. The molecule has 1 aromatic rings. The zero-order chi connectivity index (χ0) is 14.7. The average molecular weight is 278 g/mol. The molecule has 0 amide bonds. The molecule has 1 aliphatic rings. The van der Waals surface area contributed by atoms with Crippen molar-refractivity contribution < 1.29 is 9.47 Å². The van der Waals surface area contributed by atoms with E-state index in [4.69, 9.17) is 15.2 Å². The molecular weight excluding hydrogens is 252 g/mol. The van der Waals surface area contributed by atoms with Crippen LogP contribution >= 0.6 is 0 Å². The summed E-state index contributed by atoms with van der Waals surface area (Å²) in [5, 5.41) is 0. The summed E-state index contributed by atoms with van der Waals surface area (Å²) in [5.41, 5.74) is 7.41. The second-order valence-corrected chi connectivity index (χ2v) is 5.74. The molecule has 0 bridgehead atoms. The molecule has 1 saturated carbocycles. The third kappa shape index (κ3) is 3.44. The summed E-state index contributed by atoms with van der Waals surface area (Å²) in [7, 11) is 5.45. The molecule has 0 aliphatic heterocycles. The first-order chi connectivity index (χ1) is 9.56.